The third-order valence-electron chi connectivity index (χ3n) is 3.99. The van der Waals surface area contributed by atoms with Crippen molar-refractivity contribution in [3.8, 4) is 34.3 Å². The van der Waals surface area contributed by atoms with Crippen LogP contribution in [-0.4, -0.2) is 25.8 Å². The Morgan fingerprint density at radius 1 is 1.08 bits per heavy atom. The summed E-state index contributed by atoms with van der Waals surface area (Å²) in [4.78, 5) is 4.73. The lowest BCUT2D eigenvalue weighted by atomic mass is 10.1. The van der Waals surface area contributed by atoms with Crippen molar-refractivity contribution in [2.45, 2.75) is 6.10 Å². The van der Waals surface area contributed by atoms with Crippen molar-refractivity contribution in [1.82, 2.24) is 4.98 Å². The Balaban J connectivity index is 0.00000196. The zero-order valence-corrected chi connectivity index (χ0v) is 15.9. The van der Waals surface area contributed by atoms with Gasteiger partial charge in [0.25, 0.3) is 0 Å². The van der Waals surface area contributed by atoms with Crippen molar-refractivity contribution in [3.05, 3.63) is 52.9 Å². The average molecular weight is 392 g/mol. The van der Waals surface area contributed by atoms with Gasteiger partial charge in [-0.2, -0.15) is 0 Å². The van der Waals surface area contributed by atoms with Crippen molar-refractivity contribution in [2.24, 2.45) is 0 Å². The van der Waals surface area contributed by atoms with Gasteiger partial charge in [-0.25, -0.2) is 4.98 Å². The van der Waals surface area contributed by atoms with Crippen LogP contribution in [0.15, 0.2) is 47.8 Å². The first-order valence-corrected chi connectivity index (χ1v) is 8.73. The number of ether oxygens (including phenoxy) is 4. The summed E-state index contributed by atoms with van der Waals surface area (Å²) >= 11 is 1.55. The molecule has 1 unspecified atom stereocenters. The Labute approximate surface area is 161 Å². The summed E-state index contributed by atoms with van der Waals surface area (Å²) in [6.45, 7) is 0.448. The zero-order chi connectivity index (χ0) is 17.2. The Kier molecular flexibility index (Phi) is 5.54. The number of rotatable bonds is 4. The van der Waals surface area contributed by atoms with E-state index in [1.54, 1.807) is 25.6 Å². The number of para-hydroxylation sites is 2. The maximum Gasteiger partial charge on any atom is 0.184 e. The number of hydrogen-bond acceptors (Lipinski definition) is 6. The topological polar surface area (TPSA) is 49.8 Å². The van der Waals surface area contributed by atoms with Crippen LogP contribution in [0.2, 0.25) is 0 Å². The molecule has 2 heterocycles. The predicted molar refractivity (Wildman–Crippen MR) is 103 cm³/mol. The van der Waals surface area contributed by atoms with Crippen LogP contribution in [0.1, 0.15) is 11.1 Å². The molecule has 2 aromatic carbocycles. The van der Waals surface area contributed by atoms with Crippen LogP contribution in [0.3, 0.4) is 0 Å². The van der Waals surface area contributed by atoms with E-state index in [0.29, 0.717) is 6.61 Å². The van der Waals surface area contributed by atoms with Gasteiger partial charge in [-0.1, -0.05) is 12.1 Å². The van der Waals surface area contributed by atoms with Crippen molar-refractivity contribution >= 4 is 23.7 Å². The summed E-state index contributed by atoms with van der Waals surface area (Å²) in [6.07, 6.45) is -0.210. The van der Waals surface area contributed by atoms with E-state index in [1.807, 2.05) is 47.8 Å². The number of nitrogens with zero attached hydrogens (tertiary/aromatic N) is 1. The van der Waals surface area contributed by atoms with Gasteiger partial charge in [0.1, 0.15) is 23.1 Å². The van der Waals surface area contributed by atoms with Crippen LogP contribution in [0, 0.1) is 0 Å². The minimum absolute atomic E-state index is 0. The molecular weight excluding hydrogens is 374 g/mol. The van der Waals surface area contributed by atoms with E-state index in [-0.39, 0.29) is 18.5 Å². The highest BCUT2D eigenvalue weighted by molar-refractivity contribution is 7.10. The summed E-state index contributed by atoms with van der Waals surface area (Å²) in [6, 6.07) is 13.4. The number of hydrogen-bond donors (Lipinski definition) is 0. The molecule has 0 saturated heterocycles. The zero-order valence-electron chi connectivity index (χ0n) is 14.3. The van der Waals surface area contributed by atoms with Crippen molar-refractivity contribution < 1.29 is 18.9 Å². The molecule has 26 heavy (non-hydrogen) atoms. The Hall–Kier alpha value is -2.44. The average Bonchev–Trinajstić information content (AvgIpc) is 3.17. The summed E-state index contributed by atoms with van der Waals surface area (Å²) in [5.74, 6) is 2.99. The standard InChI is InChI=1S/C19H17NO4S.ClH/c1-21-12-7-8-13(17(9-12)22-2)14-11-25-19(20-14)18-10-23-15-5-3-4-6-16(15)24-18;/h3-9,11,18H,10H2,1-2H3;1H. The van der Waals surface area contributed by atoms with E-state index in [9.17, 15) is 0 Å². The molecule has 136 valence electrons. The molecule has 0 N–H and O–H groups in total. The van der Waals surface area contributed by atoms with Gasteiger partial charge < -0.3 is 18.9 Å². The number of halogens is 1. The molecule has 1 atom stereocenters. The van der Waals surface area contributed by atoms with Gasteiger partial charge in [0.2, 0.25) is 0 Å². The highest BCUT2D eigenvalue weighted by atomic mass is 35.5. The quantitative estimate of drug-likeness (QED) is 0.641. The molecule has 0 radical (unpaired) electrons. The van der Waals surface area contributed by atoms with Gasteiger partial charge in [0.15, 0.2) is 17.6 Å². The lowest BCUT2D eigenvalue weighted by molar-refractivity contribution is 0.0911. The number of thiazole rings is 1. The number of fused-ring (bicyclic) bond motifs is 1. The first-order valence-electron chi connectivity index (χ1n) is 7.85. The van der Waals surface area contributed by atoms with Crippen LogP contribution < -0.4 is 18.9 Å². The normalized spacial score (nSPS) is 15.1. The first-order chi connectivity index (χ1) is 12.3. The summed E-state index contributed by atoms with van der Waals surface area (Å²) in [7, 11) is 3.27. The van der Waals surface area contributed by atoms with Crippen LogP contribution in [0.25, 0.3) is 11.3 Å². The monoisotopic (exact) mass is 391 g/mol. The van der Waals surface area contributed by atoms with E-state index in [4.69, 9.17) is 23.9 Å². The number of benzene rings is 2. The third-order valence-corrected chi connectivity index (χ3v) is 4.93. The molecule has 0 aliphatic carbocycles. The highest BCUT2D eigenvalue weighted by Crippen LogP contribution is 2.39. The molecule has 1 aliphatic rings. The SMILES string of the molecule is COc1ccc(-c2csc(C3COc4ccccc4O3)n2)c(OC)c1.Cl. The molecule has 4 rings (SSSR count). The second-order valence-electron chi connectivity index (χ2n) is 5.50. The van der Waals surface area contributed by atoms with E-state index in [2.05, 4.69) is 0 Å². The van der Waals surface area contributed by atoms with Gasteiger partial charge in [-0.15, -0.1) is 23.7 Å². The van der Waals surface area contributed by atoms with Crippen LogP contribution in [0.5, 0.6) is 23.0 Å². The van der Waals surface area contributed by atoms with Crippen LogP contribution in [-0.2, 0) is 0 Å². The lowest BCUT2D eigenvalue weighted by Gasteiger charge is -2.24. The van der Waals surface area contributed by atoms with Gasteiger partial charge in [-0.3, -0.25) is 0 Å². The maximum atomic E-state index is 6.03. The largest absolute Gasteiger partial charge is 0.497 e. The van der Waals surface area contributed by atoms with Crippen LogP contribution in [0.4, 0.5) is 0 Å². The highest BCUT2D eigenvalue weighted by Gasteiger charge is 2.25. The Morgan fingerprint density at radius 2 is 1.88 bits per heavy atom. The van der Waals surface area contributed by atoms with Gasteiger partial charge >= 0.3 is 0 Å². The molecule has 0 fully saturated rings. The molecular formula is C19H18ClNO4S. The molecule has 1 aliphatic heterocycles. The van der Waals surface area contributed by atoms with Crippen molar-refractivity contribution in [1.29, 1.82) is 0 Å². The van der Waals surface area contributed by atoms with Crippen molar-refractivity contribution in [3.63, 3.8) is 0 Å². The molecule has 0 saturated carbocycles. The minimum Gasteiger partial charge on any atom is -0.497 e. The fourth-order valence-electron chi connectivity index (χ4n) is 2.71. The first kappa shape index (κ1) is 18.4. The smallest absolute Gasteiger partial charge is 0.184 e. The number of aromatic nitrogens is 1. The molecule has 0 spiro atoms. The molecule has 5 nitrogen and oxygen atoms in total. The second kappa shape index (κ2) is 7.85. The Morgan fingerprint density at radius 3 is 2.65 bits per heavy atom. The minimum atomic E-state index is -0.210. The predicted octanol–water partition coefficient (Wildman–Crippen LogP) is 4.76. The summed E-state index contributed by atoms with van der Waals surface area (Å²) < 4.78 is 22.5. The summed E-state index contributed by atoms with van der Waals surface area (Å²) in [5, 5.41) is 2.88. The number of methoxy groups -OCH3 is 2. The van der Waals surface area contributed by atoms with E-state index < -0.39 is 0 Å². The van der Waals surface area contributed by atoms with Crippen LogP contribution >= 0.6 is 23.7 Å². The van der Waals surface area contributed by atoms with Gasteiger partial charge in [0, 0.05) is 17.0 Å². The molecule has 7 heteroatoms. The lowest BCUT2D eigenvalue weighted by Crippen LogP contribution is -2.21. The molecule has 0 bridgehead atoms. The van der Waals surface area contributed by atoms with Crippen molar-refractivity contribution in [2.75, 3.05) is 20.8 Å². The van der Waals surface area contributed by atoms with E-state index >= 15 is 0 Å². The van der Waals surface area contributed by atoms with E-state index in [0.717, 1.165) is 39.3 Å². The molecule has 1 aromatic heterocycles. The fourth-order valence-corrected chi connectivity index (χ4v) is 3.54. The van der Waals surface area contributed by atoms with E-state index in [1.165, 1.54) is 0 Å². The third kappa shape index (κ3) is 3.43. The second-order valence-corrected chi connectivity index (χ2v) is 6.39. The Bertz CT molecular complexity index is 899. The maximum absolute atomic E-state index is 6.03. The van der Waals surface area contributed by atoms with Gasteiger partial charge in [0.05, 0.1) is 19.9 Å². The molecule has 3 aromatic rings. The van der Waals surface area contributed by atoms with Gasteiger partial charge in [-0.05, 0) is 24.3 Å². The fraction of sp³-hybridized carbons (Fsp3) is 0.211. The summed E-state index contributed by atoms with van der Waals surface area (Å²) in [5.41, 5.74) is 1.77. The molecule has 0 amide bonds.